The second-order valence-electron chi connectivity index (χ2n) is 8.89. The van der Waals surface area contributed by atoms with Crippen LogP contribution in [-0.4, -0.2) is 44.4 Å². The minimum absolute atomic E-state index is 0.0116. The van der Waals surface area contributed by atoms with Crippen LogP contribution >= 0.6 is 0 Å². The van der Waals surface area contributed by atoms with Crippen molar-refractivity contribution in [2.45, 2.75) is 38.5 Å². The van der Waals surface area contributed by atoms with Crippen molar-refractivity contribution in [3.05, 3.63) is 101 Å². The number of nitrogens with one attached hydrogen (secondary N) is 3. The highest BCUT2D eigenvalue weighted by Crippen LogP contribution is 2.15. The van der Waals surface area contributed by atoms with E-state index in [1.807, 2.05) is 18.2 Å². The van der Waals surface area contributed by atoms with Crippen LogP contribution in [0.4, 0.5) is 14.5 Å². The molecule has 198 valence electrons. The van der Waals surface area contributed by atoms with Gasteiger partial charge >= 0.3 is 0 Å². The molecule has 3 aromatic carbocycles. The van der Waals surface area contributed by atoms with Gasteiger partial charge in [0, 0.05) is 30.4 Å². The number of anilines is 1. The zero-order valence-corrected chi connectivity index (χ0v) is 21.5. The SMILES string of the molecule is CCc1cccc(CNC[C@H](O)[C@H](Cc2cc(F)cc(F)c2)NC(=O)c2ccc(NS(C)(=O)=O)cc2)c1. The van der Waals surface area contributed by atoms with Crippen molar-refractivity contribution in [3.63, 3.8) is 0 Å². The molecule has 0 saturated carbocycles. The van der Waals surface area contributed by atoms with Crippen LogP contribution in [0.1, 0.15) is 34.0 Å². The van der Waals surface area contributed by atoms with Gasteiger partial charge in [0.2, 0.25) is 10.0 Å². The van der Waals surface area contributed by atoms with Crippen LogP contribution in [-0.2, 0) is 29.4 Å². The fourth-order valence-electron chi connectivity index (χ4n) is 3.89. The molecule has 1 amide bonds. The van der Waals surface area contributed by atoms with Gasteiger partial charge in [-0.25, -0.2) is 17.2 Å². The summed E-state index contributed by atoms with van der Waals surface area (Å²) in [5.74, 6) is -2.03. The van der Waals surface area contributed by atoms with Crippen LogP contribution in [0, 0.1) is 11.6 Å². The monoisotopic (exact) mass is 531 g/mol. The Morgan fingerprint density at radius 3 is 2.22 bits per heavy atom. The summed E-state index contributed by atoms with van der Waals surface area (Å²) in [6.45, 7) is 2.68. The topological polar surface area (TPSA) is 108 Å². The Morgan fingerprint density at radius 2 is 1.59 bits per heavy atom. The van der Waals surface area contributed by atoms with Gasteiger partial charge in [-0.1, -0.05) is 31.2 Å². The van der Waals surface area contributed by atoms with E-state index in [9.17, 15) is 27.1 Å². The van der Waals surface area contributed by atoms with Gasteiger partial charge in [0.05, 0.1) is 18.4 Å². The van der Waals surface area contributed by atoms with Crippen molar-refractivity contribution in [1.82, 2.24) is 10.6 Å². The minimum atomic E-state index is -3.47. The summed E-state index contributed by atoms with van der Waals surface area (Å²) in [6.07, 6.45) is 0.835. The third kappa shape index (κ3) is 9.23. The summed E-state index contributed by atoms with van der Waals surface area (Å²) in [5.41, 5.74) is 3.04. The van der Waals surface area contributed by atoms with Crippen molar-refractivity contribution < 1.29 is 27.1 Å². The molecule has 7 nitrogen and oxygen atoms in total. The first kappa shape index (κ1) is 28.2. The van der Waals surface area contributed by atoms with Crippen LogP contribution in [0.3, 0.4) is 0 Å². The maximum Gasteiger partial charge on any atom is 0.251 e. The number of aliphatic hydroxyl groups is 1. The van der Waals surface area contributed by atoms with E-state index in [1.54, 1.807) is 0 Å². The molecule has 0 radical (unpaired) electrons. The van der Waals surface area contributed by atoms with Crippen LogP contribution < -0.4 is 15.4 Å². The van der Waals surface area contributed by atoms with Crippen molar-refractivity contribution >= 4 is 21.6 Å². The highest BCUT2D eigenvalue weighted by Gasteiger charge is 2.23. The molecule has 0 bridgehead atoms. The Balaban J connectivity index is 1.71. The summed E-state index contributed by atoms with van der Waals surface area (Å²) >= 11 is 0. The summed E-state index contributed by atoms with van der Waals surface area (Å²) < 4.78 is 52.6. The normalized spacial score (nSPS) is 13.1. The van der Waals surface area contributed by atoms with Gasteiger partial charge < -0.3 is 15.7 Å². The molecule has 0 aromatic heterocycles. The summed E-state index contributed by atoms with van der Waals surface area (Å²) in [7, 11) is -3.47. The number of amides is 1. The highest BCUT2D eigenvalue weighted by atomic mass is 32.2. The van der Waals surface area contributed by atoms with E-state index in [2.05, 4.69) is 28.3 Å². The number of aryl methyl sites for hydroxylation is 1. The van der Waals surface area contributed by atoms with Gasteiger partial charge in [-0.3, -0.25) is 9.52 Å². The molecule has 3 aromatic rings. The van der Waals surface area contributed by atoms with Gasteiger partial charge in [0.25, 0.3) is 5.91 Å². The second-order valence-corrected chi connectivity index (χ2v) is 10.6. The van der Waals surface area contributed by atoms with E-state index in [0.717, 1.165) is 36.4 Å². The molecule has 0 aliphatic carbocycles. The largest absolute Gasteiger partial charge is 0.390 e. The highest BCUT2D eigenvalue weighted by molar-refractivity contribution is 7.92. The number of sulfonamides is 1. The molecule has 0 fully saturated rings. The van der Waals surface area contributed by atoms with Crippen molar-refractivity contribution in [1.29, 1.82) is 0 Å². The van der Waals surface area contributed by atoms with E-state index in [1.165, 1.54) is 29.8 Å². The van der Waals surface area contributed by atoms with Crippen molar-refractivity contribution in [3.8, 4) is 0 Å². The van der Waals surface area contributed by atoms with Gasteiger partial charge in [-0.05, 0) is 65.9 Å². The number of hydrogen-bond acceptors (Lipinski definition) is 5. The predicted molar refractivity (Wildman–Crippen MR) is 140 cm³/mol. The van der Waals surface area contributed by atoms with Crippen LogP contribution in [0.15, 0.2) is 66.7 Å². The van der Waals surface area contributed by atoms with E-state index in [0.29, 0.717) is 12.2 Å². The van der Waals surface area contributed by atoms with Gasteiger partial charge in [-0.2, -0.15) is 0 Å². The number of carbonyl (C=O) groups is 1. The maximum atomic E-state index is 13.8. The smallest absolute Gasteiger partial charge is 0.251 e. The second kappa shape index (κ2) is 12.8. The Hall–Kier alpha value is -3.34. The Bertz CT molecular complexity index is 1300. The number of halogens is 2. The number of carbonyl (C=O) groups excluding carboxylic acids is 1. The van der Waals surface area contributed by atoms with E-state index in [-0.39, 0.29) is 24.1 Å². The fraction of sp³-hybridized carbons (Fsp3) is 0.296. The molecule has 0 saturated heterocycles. The lowest BCUT2D eigenvalue weighted by Gasteiger charge is -2.25. The summed E-state index contributed by atoms with van der Waals surface area (Å²) in [4.78, 5) is 12.9. The third-order valence-corrected chi connectivity index (χ3v) is 6.30. The van der Waals surface area contributed by atoms with E-state index < -0.39 is 39.7 Å². The lowest BCUT2D eigenvalue weighted by atomic mass is 10.00. The van der Waals surface area contributed by atoms with Crippen LogP contribution in [0.25, 0.3) is 0 Å². The van der Waals surface area contributed by atoms with Gasteiger partial charge in [0.15, 0.2) is 0 Å². The van der Waals surface area contributed by atoms with Gasteiger partial charge in [0.1, 0.15) is 11.6 Å². The average Bonchev–Trinajstić information content (AvgIpc) is 2.82. The summed E-state index contributed by atoms with van der Waals surface area (Å²) in [5, 5.41) is 16.8. The number of aliphatic hydroxyl groups excluding tert-OH is 1. The molecule has 2 atom stereocenters. The number of hydrogen-bond donors (Lipinski definition) is 4. The molecule has 0 aliphatic rings. The molecule has 0 aliphatic heterocycles. The van der Waals surface area contributed by atoms with Crippen LogP contribution in [0.5, 0.6) is 0 Å². The quantitative estimate of drug-likeness (QED) is 0.287. The molecule has 0 unspecified atom stereocenters. The lowest BCUT2D eigenvalue weighted by Crippen LogP contribution is -2.48. The first-order valence-electron chi connectivity index (χ1n) is 11.8. The molecule has 0 spiro atoms. The van der Waals surface area contributed by atoms with E-state index in [4.69, 9.17) is 0 Å². The molecular weight excluding hydrogens is 500 g/mol. The first-order chi connectivity index (χ1) is 17.5. The van der Waals surface area contributed by atoms with E-state index >= 15 is 0 Å². The standard InChI is InChI=1S/C27H31F2N3O4S/c1-3-18-5-4-6-19(11-18)16-30-17-26(33)25(14-20-12-22(28)15-23(29)13-20)31-27(34)21-7-9-24(10-8-21)32-37(2,35)36/h4-13,15,25-26,30,32-33H,3,14,16-17H2,1-2H3,(H,31,34)/t25-,26-/m0/s1. The summed E-state index contributed by atoms with van der Waals surface area (Å²) in [6, 6.07) is 16.0. The molecular formula is C27H31F2N3O4S. The Morgan fingerprint density at radius 1 is 0.946 bits per heavy atom. The molecule has 37 heavy (non-hydrogen) atoms. The Labute approximate surface area is 216 Å². The van der Waals surface area contributed by atoms with Crippen LogP contribution in [0.2, 0.25) is 0 Å². The molecule has 4 N–H and O–H groups in total. The molecule has 0 heterocycles. The van der Waals surface area contributed by atoms with Crippen molar-refractivity contribution in [2.75, 3.05) is 17.5 Å². The zero-order valence-electron chi connectivity index (χ0n) is 20.7. The maximum absolute atomic E-state index is 13.8. The third-order valence-electron chi connectivity index (χ3n) is 5.69. The Kier molecular flexibility index (Phi) is 9.73. The first-order valence-corrected chi connectivity index (χ1v) is 13.7. The fourth-order valence-corrected chi connectivity index (χ4v) is 4.45. The minimum Gasteiger partial charge on any atom is -0.390 e. The van der Waals surface area contributed by atoms with Gasteiger partial charge in [-0.15, -0.1) is 0 Å². The number of rotatable bonds is 12. The average molecular weight is 532 g/mol. The zero-order chi connectivity index (χ0) is 27.0. The predicted octanol–water partition coefficient (Wildman–Crippen LogP) is 3.39. The molecule has 10 heteroatoms. The molecule has 3 rings (SSSR count). The number of benzene rings is 3. The lowest BCUT2D eigenvalue weighted by molar-refractivity contribution is 0.0830. The van der Waals surface area contributed by atoms with Crippen molar-refractivity contribution in [2.24, 2.45) is 0 Å².